The molecule has 0 saturated heterocycles. The van der Waals surface area contributed by atoms with Crippen LogP contribution in [0.4, 0.5) is 10.1 Å². The molecule has 0 amide bonds. The van der Waals surface area contributed by atoms with Gasteiger partial charge in [-0.05, 0) is 6.92 Å². The molecule has 4 nitrogen and oxygen atoms in total. The summed E-state index contributed by atoms with van der Waals surface area (Å²) in [4.78, 5) is 14.2. The molecule has 1 unspecified atom stereocenters. The minimum atomic E-state index is -1.52. The predicted molar refractivity (Wildman–Crippen MR) is 55.2 cm³/mol. The smallest absolute Gasteiger partial charge is 0.356 e. The maximum absolute atomic E-state index is 13.0. The molecule has 0 aliphatic rings. The number of carboxylic acids is 1. The molecular weight excluding hydrogens is 246 g/mol. The Morgan fingerprint density at radius 1 is 1.53 bits per heavy atom. The van der Waals surface area contributed by atoms with Gasteiger partial charge in [-0.3, -0.25) is 0 Å². The molecule has 7 heteroatoms. The lowest BCUT2D eigenvalue weighted by Crippen LogP contribution is -2.08. The molecule has 0 aliphatic carbocycles. The van der Waals surface area contributed by atoms with Gasteiger partial charge in [0.2, 0.25) is 0 Å². The number of aromatic nitrogens is 1. The van der Waals surface area contributed by atoms with Crippen LogP contribution in [0.5, 0.6) is 0 Å². The zero-order chi connectivity index (χ0) is 11.7. The molecule has 0 aliphatic heterocycles. The average molecular weight is 253 g/mol. The summed E-state index contributed by atoms with van der Waals surface area (Å²) < 4.78 is 13.0. The van der Waals surface area contributed by atoms with Gasteiger partial charge in [-0.25, -0.2) is 14.2 Å². The molecular formula is C8H7Cl2FN2O2. The van der Waals surface area contributed by atoms with E-state index < -0.39 is 17.8 Å². The van der Waals surface area contributed by atoms with Crippen LogP contribution in [-0.4, -0.2) is 16.1 Å². The van der Waals surface area contributed by atoms with Crippen molar-refractivity contribution >= 4 is 34.9 Å². The minimum absolute atomic E-state index is 0.153. The van der Waals surface area contributed by atoms with Gasteiger partial charge in [-0.15, -0.1) is 0 Å². The van der Waals surface area contributed by atoms with Crippen LogP contribution in [0.3, 0.4) is 0 Å². The number of hydrogen-bond donors (Lipinski definition) is 2. The van der Waals surface area contributed by atoms with E-state index in [-0.39, 0.29) is 21.4 Å². The molecule has 0 saturated carbocycles. The van der Waals surface area contributed by atoms with Gasteiger partial charge in [0.15, 0.2) is 5.69 Å². The molecule has 1 aromatic heterocycles. The van der Waals surface area contributed by atoms with Gasteiger partial charge in [0.05, 0.1) is 21.4 Å². The molecule has 3 N–H and O–H groups in total. The van der Waals surface area contributed by atoms with Crippen molar-refractivity contribution in [1.29, 1.82) is 0 Å². The van der Waals surface area contributed by atoms with Crippen LogP contribution in [0.25, 0.3) is 0 Å². The molecule has 0 aromatic carbocycles. The number of pyridine rings is 1. The van der Waals surface area contributed by atoms with E-state index in [1.165, 1.54) is 6.92 Å². The first kappa shape index (κ1) is 12.0. The zero-order valence-corrected chi connectivity index (χ0v) is 9.10. The quantitative estimate of drug-likeness (QED) is 0.849. The SMILES string of the molecule is CC(F)c1nc(C(=O)O)c(Cl)c(N)c1Cl. The van der Waals surface area contributed by atoms with Crippen molar-refractivity contribution in [2.45, 2.75) is 13.1 Å². The molecule has 1 heterocycles. The summed E-state index contributed by atoms with van der Waals surface area (Å²) in [6.07, 6.45) is -1.52. The fourth-order valence-corrected chi connectivity index (χ4v) is 1.54. The van der Waals surface area contributed by atoms with Crippen molar-refractivity contribution < 1.29 is 14.3 Å². The number of carboxylic acid groups (broad SMARTS) is 1. The number of rotatable bonds is 2. The van der Waals surface area contributed by atoms with Gasteiger partial charge in [0, 0.05) is 0 Å². The number of alkyl halides is 1. The molecule has 0 bridgehead atoms. The number of halogens is 3. The number of nitrogens with zero attached hydrogens (tertiary/aromatic N) is 1. The fraction of sp³-hybridized carbons (Fsp3) is 0.250. The Morgan fingerprint density at radius 3 is 2.47 bits per heavy atom. The van der Waals surface area contributed by atoms with Crippen molar-refractivity contribution in [3.8, 4) is 0 Å². The third kappa shape index (κ3) is 2.13. The number of anilines is 1. The summed E-state index contributed by atoms with van der Waals surface area (Å²) >= 11 is 11.3. The van der Waals surface area contributed by atoms with E-state index in [2.05, 4.69) is 4.98 Å². The van der Waals surface area contributed by atoms with Crippen LogP contribution in [0.1, 0.15) is 29.3 Å². The Labute approximate surface area is 94.8 Å². The van der Waals surface area contributed by atoms with Crippen LogP contribution in [0.2, 0.25) is 10.0 Å². The average Bonchev–Trinajstić information content (AvgIpc) is 2.13. The highest BCUT2D eigenvalue weighted by Crippen LogP contribution is 2.35. The van der Waals surface area contributed by atoms with E-state index in [0.29, 0.717) is 0 Å². The molecule has 1 aromatic rings. The van der Waals surface area contributed by atoms with Gasteiger partial charge in [0.1, 0.15) is 6.17 Å². The van der Waals surface area contributed by atoms with E-state index >= 15 is 0 Å². The number of hydrogen-bond acceptors (Lipinski definition) is 3. The van der Waals surface area contributed by atoms with Crippen molar-refractivity contribution in [2.24, 2.45) is 0 Å². The monoisotopic (exact) mass is 252 g/mol. The second-order valence-electron chi connectivity index (χ2n) is 2.81. The highest BCUT2D eigenvalue weighted by molar-refractivity contribution is 6.40. The maximum atomic E-state index is 13.0. The summed E-state index contributed by atoms with van der Waals surface area (Å²) in [7, 11) is 0. The molecule has 0 fully saturated rings. The molecule has 82 valence electrons. The summed E-state index contributed by atoms with van der Waals surface area (Å²) in [5.41, 5.74) is 4.52. The standard InChI is InChI=1S/C8H7Cl2FN2O2/c1-2(11)6-3(9)5(12)4(10)7(13-6)8(14)15/h2H,1H3,(H2,12,13)(H,14,15). The first-order valence-electron chi connectivity index (χ1n) is 3.88. The Hall–Kier alpha value is -1.07. The van der Waals surface area contributed by atoms with Gasteiger partial charge in [-0.1, -0.05) is 23.2 Å². The largest absolute Gasteiger partial charge is 0.476 e. The normalized spacial score (nSPS) is 12.5. The fourth-order valence-electron chi connectivity index (χ4n) is 0.986. The topological polar surface area (TPSA) is 76.2 Å². The number of carbonyl (C=O) groups is 1. The molecule has 1 rings (SSSR count). The van der Waals surface area contributed by atoms with Crippen LogP contribution >= 0.6 is 23.2 Å². The van der Waals surface area contributed by atoms with Crippen LogP contribution < -0.4 is 5.73 Å². The van der Waals surface area contributed by atoms with Crippen molar-refractivity contribution in [3.05, 3.63) is 21.4 Å². The lowest BCUT2D eigenvalue weighted by Gasteiger charge is -2.10. The number of nitrogen functional groups attached to an aromatic ring is 1. The predicted octanol–water partition coefficient (Wildman–Crippen LogP) is 2.70. The minimum Gasteiger partial charge on any atom is -0.476 e. The Morgan fingerprint density at radius 2 is 2.07 bits per heavy atom. The lowest BCUT2D eigenvalue weighted by atomic mass is 10.2. The molecule has 15 heavy (non-hydrogen) atoms. The van der Waals surface area contributed by atoms with E-state index in [0.717, 1.165) is 0 Å². The Kier molecular flexibility index (Phi) is 3.36. The van der Waals surface area contributed by atoms with E-state index in [4.69, 9.17) is 34.0 Å². The summed E-state index contributed by atoms with van der Waals surface area (Å²) in [6.45, 7) is 1.17. The van der Waals surface area contributed by atoms with Crippen molar-refractivity contribution in [3.63, 3.8) is 0 Å². The van der Waals surface area contributed by atoms with E-state index in [9.17, 15) is 9.18 Å². The van der Waals surface area contributed by atoms with E-state index in [1.54, 1.807) is 0 Å². The highest BCUT2D eigenvalue weighted by atomic mass is 35.5. The van der Waals surface area contributed by atoms with Gasteiger partial charge < -0.3 is 10.8 Å². The number of nitrogens with two attached hydrogens (primary N) is 1. The highest BCUT2D eigenvalue weighted by Gasteiger charge is 2.22. The lowest BCUT2D eigenvalue weighted by molar-refractivity contribution is 0.0690. The zero-order valence-electron chi connectivity index (χ0n) is 7.59. The van der Waals surface area contributed by atoms with Gasteiger partial charge in [0.25, 0.3) is 0 Å². The van der Waals surface area contributed by atoms with Crippen LogP contribution in [-0.2, 0) is 0 Å². The number of aromatic carboxylic acids is 1. The Bertz CT molecular complexity index is 424. The van der Waals surface area contributed by atoms with Gasteiger partial charge in [-0.2, -0.15) is 0 Å². The van der Waals surface area contributed by atoms with Crippen molar-refractivity contribution in [1.82, 2.24) is 4.98 Å². The van der Waals surface area contributed by atoms with Gasteiger partial charge >= 0.3 is 5.97 Å². The second kappa shape index (κ2) is 4.20. The first-order valence-corrected chi connectivity index (χ1v) is 4.63. The Balaban J connectivity index is 3.52. The molecule has 0 radical (unpaired) electrons. The summed E-state index contributed by atoms with van der Waals surface area (Å²) in [5, 5.41) is 8.29. The van der Waals surface area contributed by atoms with Crippen LogP contribution in [0.15, 0.2) is 0 Å². The summed E-state index contributed by atoms with van der Waals surface area (Å²) in [6, 6.07) is 0. The van der Waals surface area contributed by atoms with E-state index in [1.807, 2.05) is 0 Å². The maximum Gasteiger partial charge on any atom is 0.356 e. The first-order chi connectivity index (χ1) is 6.86. The second-order valence-corrected chi connectivity index (χ2v) is 3.56. The van der Waals surface area contributed by atoms with Crippen molar-refractivity contribution in [2.75, 3.05) is 5.73 Å². The summed E-state index contributed by atoms with van der Waals surface area (Å²) in [5.74, 6) is -1.38. The third-order valence-corrected chi connectivity index (χ3v) is 2.50. The molecule has 1 atom stereocenters. The third-order valence-electron chi connectivity index (χ3n) is 1.72. The van der Waals surface area contributed by atoms with Crippen LogP contribution in [0, 0.1) is 0 Å². The molecule has 0 spiro atoms.